The first-order valence-corrected chi connectivity index (χ1v) is 8.96. The summed E-state index contributed by atoms with van der Waals surface area (Å²) in [6.45, 7) is 6.75. The topological polar surface area (TPSA) is 0 Å². The summed E-state index contributed by atoms with van der Waals surface area (Å²) in [5, 5.41) is 0. The first kappa shape index (κ1) is 17.0. The van der Waals surface area contributed by atoms with Crippen molar-refractivity contribution in [2.45, 2.75) is 33.6 Å². The molecule has 22 heavy (non-hydrogen) atoms. The second-order valence-corrected chi connectivity index (χ2v) is 6.47. The van der Waals surface area contributed by atoms with Gasteiger partial charge in [0.2, 0.25) is 0 Å². The van der Waals surface area contributed by atoms with Crippen LogP contribution in [0.5, 0.6) is 0 Å². The fourth-order valence-electron chi connectivity index (χ4n) is 2.66. The van der Waals surface area contributed by atoms with Crippen molar-refractivity contribution < 1.29 is 0 Å². The molecule has 0 aliphatic carbocycles. The fraction of sp³-hybridized carbons (Fsp3) is 0.238. The van der Waals surface area contributed by atoms with Crippen LogP contribution in [0.3, 0.4) is 0 Å². The molecule has 0 aliphatic heterocycles. The van der Waals surface area contributed by atoms with Crippen molar-refractivity contribution in [2.24, 2.45) is 0 Å². The third-order valence-electron chi connectivity index (χ3n) is 3.97. The van der Waals surface area contributed by atoms with E-state index in [2.05, 4.69) is 104 Å². The van der Waals surface area contributed by atoms with E-state index < -0.39 is 0 Å². The number of benzene rings is 2. The molecule has 0 fully saturated rings. The maximum atomic E-state index is 2.51. The largest absolute Gasteiger partial charge is 0.0654 e. The van der Waals surface area contributed by atoms with Gasteiger partial charge in [-0.15, -0.1) is 0 Å². The van der Waals surface area contributed by atoms with Gasteiger partial charge < -0.3 is 0 Å². The zero-order valence-electron chi connectivity index (χ0n) is 13.6. The average Bonchev–Trinajstić information content (AvgIpc) is 2.60. The summed E-state index contributed by atoms with van der Waals surface area (Å²) in [6.07, 6.45) is 2.11. The summed E-state index contributed by atoms with van der Waals surface area (Å²) in [4.78, 5) is 0. The van der Waals surface area contributed by atoms with Gasteiger partial charge in [-0.1, -0.05) is 80.1 Å². The van der Waals surface area contributed by atoms with Crippen LogP contribution in [0.4, 0.5) is 0 Å². The van der Waals surface area contributed by atoms with Crippen LogP contribution in [0, 0.1) is 0 Å². The van der Waals surface area contributed by atoms with Crippen LogP contribution in [-0.4, -0.2) is 0 Å². The van der Waals surface area contributed by atoms with Crippen LogP contribution >= 0.6 is 22.6 Å². The molecule has 114 valence electrons. The number of rotatable bonds is 5. The second kappa shape index (κ2) is 8.33. The summed E-state index contributed by atoms with van der Waals surface area (Å²) < 4.78 is 1.35. The van der Waals surface area contributed by atoms with E-state index in [9.17, 15) is 0 Å². The Morgan fingerprint density at radius 3 is 1.73 bits per heavy atom. The SMILES string of the molecule is CCC(=C(/I)c1ccccc1)/C(=C(\C)CC)c1ccccc1. The summed E-state index contributed by atoms with van der Waals surface area (Å²) >= 11 is 2.51. The van der Waals surface area contributed by atoms with E-state index in [1.807, 2.05) is 0 Å². The molecular formula is C21H23I. The Hall–Kier alpha value is -1.35. The molecule has 0 aromatic heterocycles. The zero-order valence-corrected chi connectivity index (χ0v) is 15.7. The van der Waals surface area contributed by atoms with Crippen LogP contribution in [0.15, 0.2) is 71.8 Å². The van der Waals surface area contributed by atoms with E-state index in [1.54, 1.807) is 0 Å². The minimum Gasteiger partial charge on any atom is -0.0654 e. The molecule has 0 radical (unpaired) electrons. The van der Waals surface area contributed by atoms with E-state index in [0.29, 0.717) is 0 Å². The monoisotopic (exact) mass is 402 g/mol. The Labute approximate surface area is 148 Å². The van der Waals surface area contributed by atoms with Crippen molar-refractivity contribution in [1.29, 1.82) is 0 Å². The summed E-state index contributed by atoms with van der Waals surface area (Å²) in [6, 6.07) is 21.5. The maximum absolute atomic E-state index is 2.51. The maximum Gasteiger partial charge on any atom is 0.0240 e. The third-order valence-corrected chi connectivity index (χ3v) is 5.24. The minimum absolute atomic E-state index is 1.04. The van der Waals surface area contributed by atoms with Gasteiger partial charge in [0.15, 0.2) is 0 Å². The molecule has 0 bridgehead atoms. The molecule has 0 unspecified atom stereocenters. The highest BCUT2D eigenvalue weighted by Gasteiger charge is 2.14. The number of halogens is 1. The van der Waals surface area contributed by atoms with Crippen LogP contribution < -0.4 is 0 Å². The van der Waals surface area contributed by atoms with E-state index in [-0.39, 0.29) is 0 Å². The standard InChI is InChI=1S/C21H23I/c1-4-16(3)20(17-12-8-6-9-13-17)19(5-2)21(22)18-14-10-7-11-15-18/h6-15H,4-5H2,1-3H3/b20-16+,21-19-. The lowest BCUT2D eigenvalue weighted by Crippen LogP contribution is -1.96. The zero-order chi connectivity index (χ0) is 15.9. The van der Waals surface area contributed by atoms with Gasteiger partial charge in [0, 0.05) is 3.58 Å². The molecule has 0 saturated heterocycles. The molecule has 0 atom stereocenters. The predicted octanol–water partition coefficient (Wildman–Crippen LogP) is 7.13. The number of allylic oxidation sites excluding steroid dienone is 3. The normalized spacial score (nSPS) is 13.5. The average molecular weight is 402 g/mol. The van der Waals surface area contributed by atoms with E-state index >= 15 is 0 Å². The van der Waals surface area contributed by atoms with E-state index in [4.69, 9.17) is 0 Å². The highest BCUT2D eigenvalue weighted by molar-refractivity contribution is 14.1. The van der Waals surface area contributed by atoms with Crippen molar-refractivity contribution in [2.75, 3.05) is 0 Å². The van der Waals surface area contributed by atoms with E-state index in [1.165, 1.54) is 31.4 Å². The molecule has 2 aromatic carbocycles. The quantitative estimate of drug-likeness (QED) is 0.369. The number of hydrogen-bond donors (Lipinski definition) is 0. The Balaban J connectivity index is 2.64. The summed E-state index contributed by atoms with van der Waals surface area (Å²) in [5.74, 6) is 0. The van der Waals surface area contributed by atoms with Gasteiger partial charge in [-0.05, 0) is 64.6 Å². The van der Waals surface area contributed by atoms with Crippen LogP contribution in [0.1, 0.15) is 44.7 Å². The molecule has 0 spiro atoms. The fourth-order valence-corrected chi connectivity index (χ4v) is 3.67. The van der Waals surface area contributed by atoms with Gasteiger partial charge in [-0.3, -0.25) is 0 Å². The van der Waals surface area contributed by atoms with Crippen molar-refractivity contribution >= 4 is 31.7 Å². The van der Waals surface area contributed by atoms with Crippen LogP contribution in [0.25, 0.3) is 9.15 Å². The van der Waals surface area contributed by atoms with Crippen molar-refractivity contribution in [3.05, 3.63) is 82.9 Å². The third kappa shape index (κ3) is 3.89. The van der Waals surface area contributed by atoms with Crippen LogP contribution in [-0.2, 0) is 0 Å². The Morgan fingerprint density at radius 1 is 0.773 bits per heavy atom. The van der Waals surface area contributed by atoms with Gasteiger partial charge in [-0.2, -0.15) is 0 Å². The lowest BCUT2D eigenvalue weighted by molar-refractivity contribution is 1.08. The van der Waals surface area contributed by atoms with Crippen molar-refractivity contribution in [3.63, 3.8) is 0 Å². The molecule has 0 amide bonds. The molecule has 1 heteroatoms. The first-order chi connectivity index (χ1) is 10.7. The van der Waals surface area contributed by atoms with Gasteiger partial charge in [0.1, 0.15) is 0 Å². The number of hydrogen-bond acceptors (Lipinski definition) is 0. The lowest BCUT2D eigenvalue weighted by Gasteiger charge is -2.18. The molecule has 0 aliphatic rings. The Bertz CT molecular complexity index is 664. The molecular weight excluding hydrogens is 379 g/mol. The van der Waals surface area contributed by atoms with E-state index in [0.717, 1.165) is 12.8 Å². The summed E-state index contributed by atoms with van der Waals surface area (Å²) in [7, 11) is 0. The smallest absolute Gasteiger partial charge is 0.0240 e. The Morgan fingerprint density at radius 2 is 1.27 bits per heavy atom. The molecule has 0 saturated carbocycles. The molecule has 2 aromatic rings. The predicted molar refractivity (Wildman–Crippen MR) is 107 cm³/mol. The molecule has 0 nitrogen and oxygen atoms in total. The summed E-state index contributed by atoms with van der Waals surface area (Å²) in [5.41, 5.74) is 6.94. The van der Waals surface area contributed by atoms with Crippen molar-refractivity contribution in [3.8, 4) is 0 Å². The van der Waals surface area contributed by atoms with Crippen LogP contribution in [0.2, 0.25) is 0 Å². The minimum atomic E-state index is 1.04. The molecule has 2 rings (SSSR count). The van der Waals surface area contributed by atoms with Gasteiger partial charge >= 0.3 is 0 Å². The van der Waals surface area contributed by atoms with Crippen molar-refractivity contribution in [1.82, 2.24) is 0 Å². The van der Waals surface area contributed by atoms with Gasteiger partial charge in [-0.25, -0.2) is 0 Å². The highest BCUT2D eigenvalue weighted by Crippen LogP contribution is 2.38. The molecule has 0 heterocycles. The first-order valence-electron chi connectivity index (χ1n) is 7.88. The lowest BCUT2D eigenvalue weighted by atomic mass is 9.89. The van der Waals surface area contributed by atoms with Gasteiger partial charge in [0.05, 0.1) is 0 Å². The second-order valence-electron chi connectivity index (χ2n) is 5.39. The highest BCUT2D eigenvalue weighted by atomic mass is 127. The Kier molecular flexibility index (Phi) is 6.44. The molecule has 0 N–H and O–H groups in total. The van der Waals surface area contributed by atoms with Gasteiger partial charge in [0.25, 0.3) is 0 Å².